The quantitative estimate of drug-likeness (QED) is 0.0212. The highest BCUT2D eigenvalue weighted by molar-refractivity contribution is 7.45. The summed E-state index contributed by atoms with van der Waals surface area (Å²) in [6, 6.07) is -0.926. The van der Waals surface area contributed by atoms with E-state index in [1.807, 2.05) is 39.4 Å². The molecular formula is C56H101N2O7P. The van der Waals surface area contributed by atoms with E-state index in [4.69, 9.17) is 13.8 Å². The first-order chi connectivity index (χ1) is 31.9. The minimum absolute atomic E-state index is 0.0369. The van der Waals surface area contributed by atoms with Gasteiger partial charge < -0.3 is 28.5 Å². The van der Waals surface area contributed by atoms with Gasteiger partial charge in [-0.1, -0.05) is 216 Å². The van der Waals surface area contributed by atoms with Gasteiger partial charge in [0.15, 0.2) is 0 Å². The van der Waals surface area contributed by atoms with Crippen molar-refractivity contribution in [1.82, 2.24) is 5.32 Å². The SMILES string of the molecule is CC/C=C/C/C=C/C/C=C/C/C=C/C/C=C/CCC(=O)NC(COP(=O)([O-])OCC[N+](C)(C)C)C(/C=C/CCCCCCCCCCCCC)OC(=O)CCCCCCCCCCCCC. The smallest absolute Gasteiger partial charge is 0.306 e. The molecule has 0 aromatic carbocycles. The van der Waals surface area contributed by atoms with Crippen LogP contribution >= 0.6 is 7.82 Å². The number of phosphoric ester groups is 1. The number of amides is 1. The van der Waals surface area contributed by atoms with Crippen LogP contribution in [-0.4, -0.2) is 69.4 Å². The summed E-state index contributed by atoms with van der Waals surface area (Å²) in [6.45, 7) is 6.64. The van der Waals surface area contributed by atoms with E-state index in [0.29, 0.717) is 17.4 Å². The standard InChI is InChI=1S/C56H101N2O7P/c1-7-10-13-16-19-22-25-27-28-29-31-34-36-39-42-45-48-55(59)57-53(52-64-66(61,62)63-51-50-58(4,5)6)54(47-44-41-38-35-33-30-26-23-20-17-14-11-8-2)65-56(60)49-46-43-40-37-32-24-21-18-15-12-9-3/h10,13,19,22,27-28,31,34,39,42,44,47,53-54H,7-9,11-12,14-18,20-21,23-26,29-30,32-33,35-38,40-41,43,45-46,48-52H2,1-6H3,(H-,57,59,61,62)/b13-10+,22-19+,28-27+,34-31+,42-39+,47-44+. The van der Waals surface area contributed by atoms with Crippen LogP contribution in [0.25, 0.3) is 0 Å². The molecule has 10 heteroatoms. The second-order valence-electron chi connectivity index (χ2n) is 19.0. The third-order valence-corrected chi connectivity index (χ3v) is 12.4. The molecule has 0 fully saturated rings. The molecule has 66 heavy (non-hydrogen) atoms. The Morgan fingerprint density at radius 2 is 0.985 bits per heavy atom. The lowest BCUT2D eigenvalue weighted by molar-refractivity contribution is -0.870. The van der Waals surface area contributed by atoms with Gasteiger partial charge in [-0.3, -0.25) is 14.2 Å². The van der Waals surface area contributed by atoms with Gasteiger partial charge in [0, 0.05) is 12.8 Å². The highest BCUT2D eigenvalue weighted by Crippen LogP contribution is 2.38. The van der Waals surface area contributed by atoms with E-state index in [9.17, 15) is 19.0 Å². The fourth-order valence-corrected chi connectivity index (χ4v) is 8.00. The van der Waals surface area contributed by atoms with Crippen molar-refractivity contribution in [3.8, 4) is 0 Å². The maximum atomic E-state index is 13.4. The fraction of sp³-hybridized carbons (Fsp3) is 0.750. The molecule has 9 nitrogen and oxygen atoms in total. The van der Waals surface area contributed by atoms with Crippen LogP contribution in [0.4, 0.5) is 0 Å². The molecule has 0 bridgehead atoms. The van der Waals surface area contributed by atoms with Gasteiger partial charge in [-0.2, -0.15) is 0 Å². The zero-order valence-electron chi connectivity index (χ0n) is 43.4. The Bertz CT molecular complexity index is 1370. The molecule has 0 saturated heterocycles. The number of esters is 1. The molecule has 382 valence electrons. The molecule has 0 aliphatic carbocycles. The Kier molecular flexibility index (Phi) is 44.4. The largest absolute Gasteiger partial charge is 0.756 e. The molecule has 0 aromatic heterocycles. The molecule has 0 aliphatic rings. The monoisotopic (exact) mass is 945 g/mol. The maximum Gasteiger partial charge on any atom is 0.306 e. The Balaban J connectivity index is 5.54. The van der Waals surface area contributed by atoms with Gasteiger partial charge in [0.05, 0.1) is 33.8 Å². The number of rotatable bonds is 47. The van der Waals surface area contributed by atoms with Crippen LogP contribution in [0.2, 0.25) is 0 Å². The lowest BCUT2D eigenvalue weighted by atomic mass is 10.0. The van der Waals surface area contributed by atoms with Gasteiger partial charge in [-0.25, -0.2) is 0 Å². The van der Waals surface area contributed by atoms with Crippen molar-refractivity contribution >= 4 is 19.7 Å². The number of hydrogen-bond acceptors (Lipinski definition) is 7. The van der Waals surface area contributed by atoms with E-state index in [-0.39, 0.29) is 31.3 Å². The van der Waals surface area contributed by atoms with Crippen LogP contribution < -0.4 is 10.2 Å². The average molecular weight is 945 g/mol. The third-order valence-electron chi connectivity index (χ3n) is 11.4. The number of nitrogens with zero attached hydrogens (tertiary/aromatic N) is 1. The molecule has 0 rings (SSSR count). The van der Waals surface area contributed by atoms with Gasteiger partial charge in [0.25, 0.3) is 7.82 Å². The summed E-state index contributed by atoms with van der Waals surface area (Å²) >= 11 is 0. The van der Waals surface area contributed by atoms with Gasteiger partial charge in [-0.05, 0) is 63.9 Å². The number of ether oxygens (including phenoxy) is 1. The van der Waals surface area contributed by atoms with Crippen molar-refractivity contribution in [2.45, 2.75) is 232 Å². The normalized spacial score (nSPS) is 14.5. The lowest BCUT2D eigenvalue weighted by Gasteiger charge is -2.30. The molecule has 0 heterocycles. The molecule has 0 spiro atoms. The van der Waals surface area contributed by atoms with Crippen molar-refractivity contribution in [3.05, 3.63) is 72.9 Å². The number of allylic oxidation sites excluding steroid dienone is 11. The Hall–Kier alpha value is -2.55. The summed E-state index contributed by atoms with van der Waals surface area (Å²) in [4.78, 5) is 39.7. The van der Waals surface area contributed by atoms with Gasteiger partial charge >= 0.3 is 5.97 Å². The molecule has 0 saturated carbocycles. The molecule has 3 unspecified atom stereocenters. The molecule has 0 radical (unpaired) electrons. The highest BCUT2D eigenvalue weighted by Gasteiger charge is 2.27. The van der Waals surface area contributed by atoms with Gasteiger partial charge in [-0.15, -0.1) is 0 Å². The topological polar surface area (TPSA) is 114 Å². The fourth-order valence-electron chi connectivity index (χ4n) is 7.27. The van der Waals surface area contributed by atoms with Gasteiger partial charge in [0.1, 0.15) is 19.3 Å². The number of phosphoric acid groups is 1. The molecule has 1 amide bonds. The third kappa shape index (κ3) is 46.6. The summed E-state index contributed by atoms with van der Waals surface area (Å²) in [5, 5.41) is 2.96. The zero-order valence-corrected chi connectivity index (χ0v) is 44.3. The van der Waals surface area contributed by atoms with E-state index in [2.05, 4.69) is 74.7 Å². The van der Waals surface area contributed by atoms with E-state index < -0.39 is 26.6 Å². The first kappa shape index (κ1) is 63.5. The molecule has 0 aliphatic heterocycles. The summed E-state index contributed by atoms with van der Waals surface area (Å²) in [5.41, 5.74) is 0. The predicted molar refractivity (Wildman–Crippen MR) is 279 cm³/mol. The molecule has 0 aromatic rings. The van der Waals surface area contributed by atoms with Gasteiger partial charge in [0.2, 0.25) is 5.91 Å². The van der Waals surface area contributed by atoms with Crippen LogP contribution in [0.3, 0.4) is 0 Å². The summed E-state index contributed by atoms with van der Waals surface area (Å²) in [7, 11) is 1.13. The lowest BCUT2D eigenvalue weighted by Crippen LogP contribution is -2.47. The number of carbonyl (C=O) groups excluding carboxylic acids is 2. The van der Waals surface area contributed by atoms with Crippen LogP contribution in [0.15, 0.2) is 72.9 Å². The first-order valence-corrected chi connectivity index (χ1v) is 28.2. The Morgan fingerprint density at radius 3 is 1.45 bits per heavy atom. The van der Waals surface area contributed by atoms with E-state index >= 15 is 0 Å². The van der Waals surface area contributed by atoms with Crippen LogP contribution in [0.1, 0.15) is 220 Å². The minimum atomic E-state index is -4.71. The van der Waals surface area contributed by atoms with E-state index in [1.54, 1.807) is 6.08 Å². The average Bonchev–Trinajstić information content (AvgIpc) is 3.27. The second kappa shape index (κ2) is 46.2. The highest BCUT2D eigenvalue weighted by atomic mass is 31.2. The molecule has 3 atom stereocenters. The van der Waals surface area contributed by atoms with Crippen molar-refractivity contribution < 1.29 is 37.3 Å². The minimum Gasteiger partial charge on any atom is -0.756 e. The predicted octanol–water partition coefficient (Wildman–Crippen LogP) is 15.1. The summed E-state index contributed by atoms with van der Waals surface area (Å²) in [5.74, 6) is -0.640. The molecule has 1 N–H and O–H groups in total. The number of unbranched alkanes of at least 4 members (excludes halogenated alkanes) is 21. The van der Waals surface area contributed by atoms with E-state index in [1.165, 1.54) is 109 Å². The van der Waals surface area contributed by atoms with E-state index in [0.717, 1.165) is 70.6 Å². The van der Waals surface area contributed by atoms with Crippen molar-refractivity contribution in [2.24, 2.45) is 0 Å². The number of carbonyl (C=O) groups is 2. The van der Waals surface area contributed by atoms with Crippen LogP contribution in [0.5, 0.6) is 0 Å². The summed E-state index contributed by atoms with van der Waals surface area (Å²) in [6.07, 6.45) is 57.4. The van der Waals surface area contributed by atoms with Crippen molar-refractivity contribution in [1.29, 1.82) is 0 Å². The van der Waals surface area contributed by atoms with Crippen molar-refractivity contribution in [2.75, 3.05) is 40.9 Å². The first-order valence-electron chi connectivity index (χ1n) is 26.7. The number of likely N-dealkylation sites (N-methyl/N-ethyl adjacent to an activating group) is 1. The summed E-state index contributed by atoms with van der Waals surface area (Å²) < 4.78 is 30.1. The zero-order chi connectivity index (χ0) is 48.7. The Morgan fingerprint density at radius 1 is 0.545 bits per heavy atom. The van der Waals surface area contributed by atoms with Crippen LogP contribution in [0, 0.1) is 0 Å². The van der Waals surface area contributed by atoms with Crippen molar-refractivity contribution in [3.63, 3.8) is 0 Å². The second-order valence-corrected chi connectivity index (χ2v) is 20.4. The Labute approximate surface area is 406 Å². The van der Waals surface area contributed by atoms with Crippen LogP contribution in [-0.2, 0) is 27.9 Å². The number of nitrogens with one attached hydrogen (secondary N) is 1. The molecular weight excluding hydrogens is 844 g/mol. The number of quaternary nitrogens is 1. The maximum absolute atomic E-state index is 13.4. The number of hydrogen-bond donors (Lipinski definition) is 1.